The van der Waals surface area contributed by atoms with E-state index in [0.29, 0.717) is 11.8 Å². The fourth-order valence-electron chi connectivity index (χ4n) is 1.34. The van der Waals surface area contributed by atoms with Crippen LogP contribution >= 0.6 is 0 Å². The van der Waals surface area contributed by atoms with E-state index in [2.05, 4.69) is 32.1 Å². The number of allylic oxidation sites excluding steroid dienone is 1. The molecule has 0 aliphatic carbocycles. The summed E-state index contributed by atoms with van der Waals surface area (Å²) in [5, 5.41) is 0. The van der Waals surface area contributed by atoms with Crippen molar-refractivity contribution in [3.05, 3.63) is 11.6 Å². The minimum atomic E-state index is -4.22. The van der Waals surface area contributed by atoms with Crippen LogP contribution in [0.1, 0.15) is 34.6 Å². The lowest BCUT2D eigenvalue weighted by Crippen LogP contribution is -2.13. The van der Waals surface area contributed by atoms with Gasteiger partial charge in [-0.2, -0.15) is 13.2 Å². The number of hydrogen-bond acceptors (Lipinski definition) is 1. The van der Waals surface area contributed by atoms with Gasteiger partial charge < -0.3 is 0 Å². The first-order valence-corrected chi connectivity index (χ1v) is 7.74. The van der Waals surface area contributed by atoms with Gasteiger partial charge in [-0.1, -0.05) is 33.8 Å². The van der Waals surface area contributed by atoms with E-state index in [9.17, 15) is 13.2 Å². The largest absolute Gasteiger partial charge is 0.412 e. The van der Waals surface area contributed by atoms with E-state index >= 15 is 0 Å². The van der Waals surface area contributed by atoms with Crippen molar-refractivity contribution in [3.63, 3.8) is 0 Å². The van der Waals surface area contributed by atoms with E-state index in [1.165, 1.54) is 6.08 Å². The Balaban J connectivity index is 4.57. The Morgan fingerprint density at radius 1 is 1.11 bits per heavy atom. The van der Waals surface area contributed by atoms with Gasteiger partial charge in [-0.3, -0.25) is 4.36 Å². The maximum absolute atomic E-state index is 12.3. The lowest BCUT2D eigenvalue weighted by Gasteiger charge is -2.13. The Morgan fingerprint density at radius 2 is 1.56 bits per heavy atom. The molecule has 0 aliphatic heterocycles. The molecule has 0 aromatic heterocycles. The summed E-state index contributed by atoms with van der Waals surface area (Å²) in [5.41, 5.74) is -0.552. The van der Waals surface area contributed by atoms with Crippen LogP contribution in [0.15, 0.2) is 16.0 Å². The molecular formula is C13H24F3NS. The molecule has 1 nitrogen and oxygen atoms in total. The molecule has 0 atom stereocenters. The van der Waals surface area contributed by atoms with Crippen molar-refractivity contribution < 1.29 is 13.2 Å². The number of hydrogen-bond donors (Lipinski definition) is 0. The van der Waals surface area contributed by atoms with Gasteiger partial charge in [0.15, 0.2) is 0 Å². The fourth-order valence-corrected chi connectivity index (χ4v) is 3.51. The van der Waals surface area contributed by atoms with Crippen LogP contribution in [-0.4, -0.2) is 24.2 Å². The Bertz CT molecular complexity index is 292. The number of alkyl halides is 3. The summed E-state index contributed by atoms with van der Waals surface area (Å²) in [6.45, 7) is 9.74. The summed E-state index contributed by atoms with van der Waals surface area (Å²) < 4.78 is 41.3. The van der Waals surface area contributed by atoms with Gasteiger partial charge in [0.25, 0.3) is 0 Å². The first kappa shape index (κ1) is 17.7. The summed E-state index contributed by atoms with van der Waals surface area (Å²) in [7, 11) is -0.115. The quantitative estimate of drug-likeness (QED) is 0.631. The maximum atomic E-state index is 12.3. The predicted octanol–water partition coefficient (Wildman–Crippen LogP) is 4.61. The Hall–Kier alpha value is -0.320. The Labute approximate surface area is 111 Å². The van der Waals surface area contributed by atoms with Gasteiger partial charge in [-0.25, -0.2) is 0 Å². The highest BCUT2D eigenvalue weighted by Crippen LogP contribution is 2.24. The summed E-state index contributed by atoms with van der Waals surface area (Å²) >= 11 is 0. The van der Waals surface area contributed by atoms with E-state index < -0.39 is 11.7 Å². The average molecular weight is 283 g/mol. The predicted molar refractivity (Wildman–Crippen MR) is 73.9 cm³/mol. The molecule has 0 rings (SSSR count). The molecule has 108 valence electrons. The van der Waals surface area contributed by atoms with E-state index in [-0.39, 0.29) is 17.2 Å². The third-order valence-corrected chi connectivity index (χ3v) is 4.77. The number of nitrogens with zero attached hydrogens (tertiary/aromatic N) is 1. The summed E-state index contributed by atoms with van der Waals surface area (Å²) in [6.07, 6.45) is -3.04. The standard InChI is InChI=1S/C13H24F3NS/c1-10(2)8-18(9-11(3)4)17-7-6-12(5)13(14,15)16/h6,10-11H,7-9H2,1-5H3. The molecule has 0 aromatic carbocycles. The molecule has 0 amide bonds. The molecule has 0 fully saturated rings. The molecular weight excluding hydrogens is 259 g/mol. The minimum absolute atomic E-state index is 0.115. The number of rotatable bonds is 6. The third kappa shape index (κ3) is 8.72. The summed E-state index contributed by atoms with van der Waals surface area (Å²) in [4.78, 5) is 0. The van der Waals surface area contributed by atoms with Crippen LogP contribution in [0.25, 0.3) is 0 Å². The molecule has 0 aromatic rings. The smallest absolute Gasteiger partial charge is 0.261 e. The zero-order valence-corrected chi connectivity index (χ0v) is 12.7. The molecule has 0 unspecified atom stereocenters. The highest BCUT2D eigenvalue weighted by molar-refractivity contribution is 7.87. The lowest BCUT2D eigenvalue weighted by atomic mass is 10.3. The Morgan fingerprint density at radius 3 is 1.89 bits per heavy atom. The van der Waals surface area contributed by atoms with Crippen LogP contribution in [-0.2, 0) is 10.7 Å². The minimum Gasteiger partial charge on any atom is -0.261 e. The molecule has 0 bridgehead atoms. The Kier molecular flexibility index (Phi) is 7.83. The van der Waals surface area contributed by atoms with Gasteiger partial charge >= 0.3 is 6.18 Å². The molecule has 18 heavy (non-hydrogen) atoms. The van der Waals surface area contributed by atoms with Gasteiger partial charge in [-0.05, 0) is 18.8 Å². The van der Waals surface area contributed by atoms with Gasteiger partial charge in [0.05, 0.1) is 6.54 Å². The van der Waals surface area contributed by atoms with Crippen molar-refractivity contribution in [2.75, 3.05) is 18.1 Å². The second kappa shape index (κ2) is 7.97. The van der Waals surface area contributed by atoms with Gasteiger partial charge in [0.2, 0.25) is 0 Å². The monoisotopic (exact) mass is 283 g/mol. The number of halogens is 3. The SMILES string of the molecule is CC(=CCN=S(CC(C)C)CC(C)C)C(F)(F)F. The van der Waals surface area contributed by atoms with Crippen LogP contribution in [0.3, 0.4) is 0 Å². The third-order valence-electron chi connectivity index (χ3n) is 2.15. The van der Waals surface area contributed by atoms with Crippen LogP contribution in [0, 0.1) is 11.8 Å². The van der Waals surface area contributed by atoms with Crippen LogP contribution in [0.5, 0.6) is 0 Å². The van der Waals surface area contributed by atoms with Crippen molar-refractivity contribution in [3.8, 4) is 0 Å². The molecule has 0 saturated heterocycles. The molecule has 0 spiro atoms. The zero-order chi connectivity index (χ0) is 14.3. The van der Waals surface area contributed by atoms with Crippen molar-refractivity contribution in [1.29, 1.82) is 0 Å². The van der Waals surface area contributed by atoms with Crippen molar-refractivity contribution in [2.24, 2.45) is 16.2 Å². The van der Waals surface area contributed by atoms with E-state index in [4.69, 9.17) is 0 Å². The summed E-state index contributed by atoms with van der Waals surface area (Å²) in [5.74, 6) is 3.00. The van der Waals surface area contributed by atoms with E-state index in [1.54, 1.807) is 0 Å². The maximum Gasteiger partial charge on any atom is 0.412 e. The molecule has 5 heteroatoms. The van der Waals surface area contributed by atoms with Crippen LogP contribution in [0.2, 0.25) is 0 Å². The van der Waals surface area contributed by atoms with Crippen molar-refractivity contribution in [1.82, 2.24) is 0 Å². The fraction of sp³-hybridized carbons (Fsp3) is 0.846. The van der Waals surface area contributed by atoms with Crippen LogP contribution in [0.4, 0.5) is 13.2 Å². The van der Waals surface area contributed by atoms with E-state index in [1.807, 2.05) is 0 Å². The van der Waals surface area contributed by atoms with Gasteiger partial charge in [0.1, 0.15) is 0 Å². The van der Waals surface area contributed by atoms with Gasteiger partial charge in [-0.15, -0.1) is 10.7 Å². The first-order valence-electron chi connectivity index (χ1n) is 6.22. The topological polar surface area (TPSA) is 12.4 Å². The second-order valence-electron chi connectivity index (χ2n) is 5.28. The molecule has 0 aliphatic rings. The highest BCUT2D eigenvalue weighted by atomic mass is 32.2. The normalized spacial score (nSPS) is 13.8. The average Bonchev–Trinajstić information content (AvgIpc) is 2.13. The van der Waals surface area contributed by atoms with Gasteiger partial charge in [0, 0.05) is 17.1 Å². The second-order valence-corrected chi connectivity index (χ2v) is 7.13. The summed E-state index contributed by atoms with van der Waals surface area (Å²) in [6, 6.07) is 0. The van der Waals surface area contributed by atoms with E-state index in [0.717, 1.165) is 18.4 Å². The molecule has 0 radical (unpaired) electrons. The van der Waals surface area contributed by atoms with Crippen molar-refractivity contribution >= 4 is 10.7 Å². The first-order chi connectivity index (χ1) is 8.12. The molecule has 0 saturated carbocycles. The van der Waals surface area contributed by atoms with Crippen LogP contribution < -0.4 is 0 Å². The zero-order valence-electron chi connectivity index (χ0n) is 11.8. The molecule has 0 N–H and O–H groups in total. The molecule has 0 heterocycles. The lowest BCUT2D eigenvalue weighted by molar-refractivity contribution is -0.0914. The highest BCUT2D eigenvalue weighted by Gasteiger charge is 2.29. The van der Waals surface area contributed by atoms with Crippen molar-refractivity contribution in [2.45, 2.75) is 40.8 Å².